The Morgan fingerprint density at radius 1 is 1.45 bits per heavy atom. The Kier molecular flexibility index (Phi) is 4.53. The molecule has 108 valence electrons. The van der Waals surface area contributed by atoms with Crippen molar-refractivity contribution < 1.29 is 13.5 Å². The molecule has 0 unspecified atom stereocenters. The molecule has 2 aromatic heterocycles. The fraction of sp³-hybridized carbons (Fsp3) is 0.308. The fourth-order valence-corrected chi connectivity index (χ4v) is 2.97. The highest BCUT2D eigenvalue weighted by Crippen LogP contribution is 2.13. The predicted octanol–water partition coefficient (Wildman–Crippen LogP) is 0.433. The quantitative estimate of drug-likeness (QED) is 0.809. The lowest BCUT2D eigenvalue weighted by molar-refractivity contribution is 0.272. The van der Waals surface area contributed by atoms with Crippen LogP contribution in [0, 0.1) is 0 Å². The molecular weight excluding hydrogens is 278 g/mol. The summed E-state index contributed by atoms with van der Waals surface area (Å²) in [7, 11) is -1.85. The molecule has 0 atom stereocenters. The van der Waals surface area contributed by atoms with Gasteiger partial charge in [-0.2, -0.15) is 0 Å². The number of rotatable bonds is 6. The van der Waals surface area contributed by atoms with Crippen molar-refractivity contribution in [3.63, 3.8) is 0 Å². The number of nitrogens with one attached hydrogen (secondary N) is 1. The molecule has 0 saturated heterocycles. The second-order valence-corrected chi connectivity index (χ2v) is 6.21. The zero-order chi connectivity index (χ0) is 14.6. The first kappa shape index (κ1) is 14.7. The van der Waals surface area contributed by atoms with Crippen LogP contribution < -0.4 is 4.72 Å². The summed E-state index contributed by atoms with van der Waals surface area (Å²) in [4.78, 5) is 4.14. The highest BCUT2D eigenvalue weighted by Gasteiger charge is 2.16. The van der Waals surface area contributed by atoms with Crippen molar-refractivity contribution in [1.82, 2.24) is 14.3 Å². The lowest BCUT2D eigenvalue weighted by atomic mass is 10.2. The number of aliphatic hydroxyl groups excluding tert-OH is 1. The first-order chi connectivity index (χ1) is 9.53. The molecule has 0 amide bonds. The number of pyridine rings is 1. The van der Waals surface area contributed by atoms with Crippen LogP contribution in [0.2, 0.25) is 0 Å². The zero-order valence-electron chi connectivity index (χ0n) is 11.2. The van der Waals surface area contributed by atoms with Gasteiger partial charge in [-0.15, -0.1) is 0 Å². The number of nitrogens with zero attached hydrogens (tertiary/aromatic N) is 2. The average molecular weight is 295 g/mol. The van der Waals surface area contributed by atoms with Gasteiger partial charge in [-0.25, -0.2) is 13.1 Å². The monoisotopic (exact) mass is 295 g/mol. The van der Waals surface area contributed by atoms with E-state index in [1.54, 1.807) is 24.0 Å². The second-order valence-electron chi connectivity index (χ2n) is 4.45. The summed E-state index contributed by atoms with van der Waals surface area (Å²) >= 11 is 0. The van der Waals surface area contributed by atoms with E-state index in [-0.39, 0.29) is 11.5 Å². The molecular formula is C13H17N3O3S. The molecule has 0 aliphatic heterocycles. The van der Waals surface area contributed by atoms with Crippen molar-refractivity contribution in [1.29, 1.82) is 0 Å². The van der Waals surface area contributed by atoms with Gasteiger partial charge in [-0.3, -0.25) is 4.98 Å². The van der Waals surface area contributed by atoms with Crippen molar-refractivity contribution in [3.8, 4) is 0 Å². The average Bonchev–Trinajstić information content (AvgIpc) is 2.82. The smallest absolute Gasteiger partial charge is 0.242 e. The lowest BCUT2D eigenvalue weighted by Crippen LogP contribution is -2.25. The molecule has 0 aromatic carbocycles. The highest BCUT2D eigenvalue weighted by molar-refractivity contribution is 7.89. The van der Waals surface area contributed by atoms with Crippen LogP contribution in [0.4, 0.5) is 0 Å². The minimum Gasteiger partial charge on any atom is -0.390 e. The van der Waals surface area contributed by atoms with E-state index in [1.807, 2.05) is 12.1 Å². The number of aryl methyl sites for hydroxylation is 1. The Bertz CT molecular complexity index is 665. The Labute approximate surface area is 118 Å². The molecule has 0 saturated carbocycles. The first-order valence-corrected chi connectivity index (χ1v) is 7.66. The molecule has 0 fully saturated rings. The summed E-state index contributed by atoms with van der Waals surface area (Å²) in [6, 6.07) is 5.18. The van der Waals surface area contributed by atoms with Crippen molar-refractivity contribution in [3.05, 3.63) is 48.0 Å². The third kappa shape index (κ3) is 3.44. The highest BCUT2D eigenvalue weighted by atomic mass is 32.2. The van der Waals surface area contributed by atoms with Crippen LogP contribution in [0.5, 0.6) is 0 Å². The van der Waals surface area contributed by atoms with Crippen LogP contribution >= 0.6 is 0 Å². The summed E-state index contributed by atoms with van der Waals surface area (Å²) in [5, 5.41) is 9.08. The molecule has 20 heavy (non-hydrogen) atoms. The number of hydrogen-bond donors (Lipinski definition) is 2. The van der Waals surface area contributed by atoms with E-state index in [2.05, 4.69) is 9.71 Å². The Morgan fingerprint density at radius 2 is 2.25 bits per heavy atom. The summed E-state index contributed by atoms with van der Waals surface area (Å²) in [6.07, 6.45) is 5.44. The normalized spacial score (nSPS) is 11.7. The van der Waals surface area contributed by atoms with Gasteiger partial charge in [-0.1, -0.05) is 6.07 Å². The molecule has 0 aliphatic carbocycles. The molecule has 2 rings (SSSR count). The zero-order valence-corrected chi connectivity index (χ0v) is 12.0. The Hall–Kier alpha value is -1.70. The standard InChI is InChI=1S/C13H17N3O3S/c1-16-9-13(7-12(16)10-17)20(18,19)15-6-4-11-3-2-5-14-8-11/h2-3,5,7-9,15,17H,4,6,10H2,1H3. The molecule has 6 nitrogen and oxygen atoms in total. The van der Waals surface area contributed by atoms with E-state index in [0.29, 0.717) is 18.7 Å². The van der Waals surface area contributed by atoms with Crippen LogP contribution in [0.25, 0.3) is 0 Å². The molecule has 0 aliphatic rings. The molecule has 0 radical (unpaired) electrons. The fourth-order valence-electron chi connectivity index (χ4n) is 1.84. The maximum absolute atomic E-state index is 12.1. The first-order valence-electron chi connectivity index (χ1n) is 6.17. The number of aliphatic hydroxyl groups is 1. The lowest BCUT2D eigenvalue weighted by Gasteiger charge is -2.04. The van der Waals surface area contributed by atoms with Gasteiger partial charge in [0.2, 0.25) is 10.0 Å². The van der Waals surface area contributed by atoms with E-state index >= 15 is 0 Å². The minimum absolute atomic E-state index is 0.162. The maximum atomic E-state index is 12.1. The summed E-state index contributed by atoms with van der Waals surface area (Å²) in [6.45, 7) is 0.110. The van der Waals surface area contributed by atoms with Crippen LogP contribution in [0.3, 0.4) is 0 Å². The summed E-state index contributed by atoms with van der Waals surface area (Å²) in [5.41, 5.74) is 1.52. The van der Waals surface area contributed by atoms with Gasteiger partial charge in [0.05, 0.1) is 11.5 Å². The van der Waals surface area contributed by atoms with Gasteiger partial charge < -0.3 is 9.67 Å². The van der Waals surface area contributed by atoms with Crippen LogP contribution in [0.15, 0.2) is 41.7 Å². The molecule has 2 N–H and O–H groups in total. The number of hydrogen-bond acceptors (Lipinski definition) is 4. The molecule has 7 heteroatoms. The second kappa shape index (κ2) is 6.17. The Morgan fingerprint density at radius 3 is 2.85 bits per heavy atom. The van der Waals surface area contributed by atoms with Gasteiger partial charge >= 0.3 is 0 Å². The topological polar surface area (TPSA) is 84.2 Å². The molecule has 2 heterocycles. The van der Waals surface area contributed by atoms with E-state index in [1.165, 1.54) is 12.3 Å². The summed E-state index contributed by atoms with van der Waals surface area (Å²) in [5.74, 6) is 0. The van der Waals surface area contributed by atoms with Crippen LogP contribution in [-0.2, 0) is 30.1 Å². The van der Waals surface area contributed by atoms with Gasteiger partial charge in [0.15, 0.2) is 0 Å². The van der Waals surface area contributed by atoms with Crippen LogP contribution in [0.1, 0.15) is 11.3 Å². The van der Waals surface area contributed by atoms with Gasteiger partial charge in [0.25, 0.3) is 0 Å². The van der Waals surface area contributed by atoms with Crippen molar-refractivity contribution in [2.75, 3.05) is 6.54 Å². The molecule has 2 aromatic rings. The third-order valence-electron chi connectivity index (χ3n) is 2.98. The van der Waals surface area contributed by atoms with E-state index in [9.17, 15) is 8.42 Å². The Balaban J connectivity index is 2.00. The summed E-state index contributed by atoms with van der Waals surface area (Å²) < 4.78 is 28.3. The van der Waals surface area contributed by atoms with E-state index in [0.717, 1.165) is 5.56 Å². The third-order valence-corrected chi connectivity index (χ3v) is 4.41. The largest absolute Gasteiger partial charge is 0.390 e. The number of aromatic nitrogens is 2. The predicted molar refractivity (Wildman–Crippen MR) is 74.5 cm³/mol. The molecule has 0 bridgehead atoms. The van der Waals surface area contributed by atoms with Crippen molar-refractivity contribution >= 4 is 10.0 Å². The van der Waals surface area contributed by atoms with E-state index < -0.39 is 10.0 Å². The maximum Gasteiger partial charge on any atom is 0.242 e. The van der Waals surface area contributed by atoms with Crippen molar-refractivity contribution in [2.45, 2.75) is 17.9 Å². The van der Waals surface area contributed by atoms with Gasteiger partial charge in [0, 0.05) is 37.9 Å². The van der Waals surface area contributed by atoms with E-state index in [4.69, 9.17) is 5.11 Å². The molecule has 0 spiro atoms. The van der Waals surface area contributed by atoms with Gasteiger partial charge in [-0.05, 0) is 24.1 Å². The number of sulfonamides is 1. The minimum atomic E-state index is -3.54. The van der Waals surface area contributed by atoms with Gasteiger partial charge in [0.1, 0.15) is 0 Å². The SMILES string of the molecule is Cn1cc(S(=O)(=O)NCCc2cccnc2)cc1CO. The van der Waals surface area contributed by atoms with Crippen molar-refractivity contribution in [2.24, 2.45) is 7.05 Å². The van der Waals surface area contributed by atoms with Crippen LogP contribution in [-0.4, -0.2) is 29.6 Å².